The lowest BCUT2D eigenvalue weighted by molar-refractivity contribution is 0.0178. The second-order valence-corrected chi connectivity index (χ2v) is 5.18. The number of benzene rings is 1. The van der Waals surface area contributed by atoms with Gasteiger partial charge in [-0.25, -0.2) is 8.78 Å². The van der Waals surface area contributed by atoms with Crippen LogP contribution in [0.25, 0.3) is 0 Å². The average molecular weight is 315 g/mol. The van der Waals surface area contributed by atoms with Crippen LogP contribution in [-0.2, 0) is 9.47 Å². The zero-order chi connectivity index (χ0) is 15.9. The van der Waals surface area contributed by atoms with E-state index in [0.29, 0.717) is 0 Å². The average Bonchev–Trinajstić information content (AvgIpc) is 3.06. The zero-order valence-electron chi connectivity index (χ0n) is 11.7. The molecule has 3 rings (SSSR count). The highest BCUT2D eigenvalue weighted by Gasteiger charge is 2.47. The van der Waals surface area contributed by atoms with Gasteiger partial charge < -0.3 is 24.6 Å². The van der Waals surface area contributed by atoms with E-state index in [1.807, 2.05) is 0 Å². The van der Waals surface area contributed by atoms with Crippen molar-refractivity contribution in [2.75, 3.05) is 20.3 Å². The van der Waals surface area contributed by atoms with E-state index in [1.165, 1.54) is 13.2 Å². The van der Waals surface area contributed by atoms with Crippen LogP contribution in [0, 0.1) is 11.6 Å². The number of aliphatic hydroxyl groups is 1. The number of amides is 1. The first-order valence-corrected chi connectivity index (χ1v) is 6.77. The molecule has 4 atom stereocenters. The van der Waals surface area contributed by atoms with E-state index < -0.39 is 47.5 Å². The molecule has 2 fully saturated rings. The Morgan fingerprint density at radius 2 is 2.05 bits per heavy atom. The fourth-order valence-electron chi connectivity index (χ4n) is 2.76. The number of hydrogen-bond donors (Lipinski definition) is 2. The van der Waals surface area contributed by atoms with Crippen molar-refractivity contribution in [1.29, 1.82) is 0 Å². The third-order valence-electron chi connectivity index (χ3n) is 3.85. The van der Waals surface area contributed by atoms with Crippen LogP contribution in [0.2, 0.25) is 0 Å². The van der Waals surface area contributed by atoms with Crippen molar-refractivity contribution in [1.82, 2.24) is 5.32 Å². The molecule has 0 bridgehead atoms. The summed E-state index contributed by atoms with van der Waals surface area (Å²) in [7, 11) is 1.26. The van der Waals surface area contributed by atoms with Crippen LogP contribution in [0.1, 0.15) is 10.4 Å². The molecular formula is C14H15F2NO5. The van der Waals surface area contributed by atoms with E-state index in [1.54, 1.807) is 0 Å². The Bertz CT molecular complexity index is 597. The fraction of sp³-hybridized carbons (Fsp3) is 0.500. The van der Waals surface area contributed by atoms with Crippen molar-refractivity contribution in [3.63, 3.8) is 0 Å². The van der Waals surface area contributed by atoms with Crippen LogP contribution >= 0.6 is 0 Å². The van der Waals surface area contributed by atoms with Gasteiger partial charge in [0, 0.05) is 0 Å². The molecule has 22 heavy (non-hydrogen) atoms. The maximum Gasteiger partial charge on any atom is 0.258 e. The third-order valence-corrected chi connectivity index (χ3v) is 3.85. The molecule has 1 aromatic carbocycles. The van der Waals surface area contributed by atoms with Gasteiger partial charge in [-0.05, 0) is 12.1 Å². The SMILES string of the molecule is COc1ccc(F)c(F)c1C(=O)N[C@H]1CO[C@H]2[C@@H]1OC[C@H]2O. The minimum absolute atomic E-state index is 0.0701. The Morgan fingerprint density at radius 3 is 2.77 bits per heavy atom. The van der Waals surface area contributed by atoms with Gasteiger partial charge in [0.05, 0.1) is 26.4 Å². The maximum absolute atomic E-state index is 13.9. The molecule has 0 spiro atoms. The summed E-state index contributed by atoms with van der Waals surface area (Å²) in [5.41, 5.74) is -0.510. The van der Waals surface area contributed by atoms with Gasteiger partial charge in [-0.15, -0.1) is 0 Å². The molecule has 2 saturated heterocycles. The molecule has 0 radical (unpaired) electrons. The lowest BCUT2D eigenvalue weighted by atomic mass is 10.1. The van der Waals surface area contributed by atoms with Crippen molar-refractivity contribution in [2.45, 2.75) is 24.4 Å². The van der Waals surface area contributed by atoms with Crippen LogP contribution in [0.5, 0.6) is 5.75 Å². The molecule has 0 aromatic heterocycles. The van der Waals surface area contributed by atoms with Crippen molar-refractivity contribution in [2.24, 2.45) is 0 Å². The minimum Gasteiger partial charge on any atom is -0.496 e. The molecular weight excluding hydrogens is 300 g/mol. The smallest absolute Gasteiger partial charge is 0.258 e. The molecule has 0 unspecified atom stereocenters. The molecule has 0 aliphatic carbocycles. The van der Waals surface area contributed by atoms with Crippen LogP contribution in [0.15, 0.2) is 12.1 Å². The van der Waals surface area contributed by atoms with E-state index >= 15 is 0 Å². The van der Waals surface area contributed by atoms with Gasteiger partial charge in [-0.2, -0.15) is 0 Å². The van der Waals surface area contributed by atoms with Crippen molar-refractivity contribution >= 4 is 5.91 Å². The molecule has 120 valence electrons. The van der Waals surface area contributed by atoms with Gasteiger partial charge in [0.15, 0.2) is 11.6 Å². The van der Waals surface area contributed by atoms with Gasteiger partial charge in [0.1, 0.15) is 29.6 Å². The highest BCUT2D eigenvalue weighted by molar-refractivity contribution is 5.97. The number of fused-ring (bicyclic) bond motifs is 1. The van der Waals surface area contributed by atoms with E-state index in [9.17, 15) is 18.7 Å². The molecule has 2 N–H and O–H groups in total. The Labute approximate surface area is 125 Å². The van der Waals surface area contributed by atoms with Gasteiger partial charge in [0.2, 0.25) is 0 Å². The summed E-state index contributed by atoms with van der Waals surface area (Å²) in [6, 6.07) is 1.51. The molecule has 1 aromatic rings. The summed E-state index contributed by atoms with van der Waals surface area (Å²) >= 11 is 0. The molecule has 1 amide bonds. The zero-order valence-corrected chi connectivity index (χ0v) is 11.7. The number of aliphatic hydroxyl groups excluding tert-OH is 1. The van der Waals surface area contributed by atoms with E-state index in [4.69, 9.17) is 14.2 Å². The topological polar surface area (TPSA) is 77.0 Å². The number of methoxy groups -OCH3 is 1. The Kier molecular flexibility index (Phi) is 3.98. The molecule has 8 heteroatoms. The second-order valence-electron chi connectivity index (χ2n) is 5.18. The predicted octanol–water partition coefficient (Wildman–Crippen LogP) is 0.230. The summed E-state index contributed by atoms with van der Waals surface area (Å²) in [4.78, 5) is 12.3. The lowest BCUT2D eigenvalue weighted by Crippen LogP contribution is -2.44. The largest absolute Gasteiger partial charge is 0.496 e. The standard InChI is InChI=1S/C14H15F2NO5/c1-20-9-3-2-6(15)11(16)10(9)14(19)17-7-4-21-13-8(18)5-22-12(7)13/h2-3,7-8,12-13,18H,4-5H2,1H3,(H,17,19)/t7-,8+,12+,13+/m0/s1. The van der Waals surface area contributed by atoms with Crippen molar-refractivity contribution < 1.29 is 32.9 Å². The van der Waals surface area contributed by atoms with Crippen LogP contribution < -0.4 is 10.1 Å². The third kappa shape index (κ3) is 2.43. The van der Waals surface area contributed by atoms with Crippen molar-refractivity contribution in [3.8, 4) is 5.75 Å². The van der Waals surface area contributed by atoms with Crippen LogP contribution in [-0.4, -0.2) is 55.7 Å². The Balaban J connectivity index is 1.80. The maximum atomic E-state index is 13.9. The quantitative estimate of drug-likeness (QED) is 0.835. The van der Waals surface area contributed by atoms with E-state index in [2.05, 4.69) is 5.32 Å². The second kappa shape index (κ2) is 5.79. The molecule has 2 aliphatic heterocycles. The number of rotatable bonds is 3. The number of halogens is 2. The summed E-state index contributed by atoms with van der Waals surface area (Å²) in [6.45, 7) is 0.233. The first-order chi connectivity index (χ1) is 10.5. The number of ether oxygens (including phenoxy) is 3. The van der Waals surface area contributed by atoms with Gasteiger partial charge in [-0.3, -0.25) is 4.79 Å². The van der Waals surface area contributed by atoms with Crippen LogP contribution in [0.3, 0.4) is 0 Å². The molecule has 2 heterocycles. The Morgan fingerprint density at radius 1 is 1.32 bits per heavy atom. The van der Waals surface area contributed by atoms with Crippen molar-refractivity contribution in [3.05, 3.63) is 29.3 Å². The molecule has 6 nitrogen and oxygen atoms in total. The number of nitrogens with one attached hydrogen (secondary N) is 1. The minimum atomic E-state index is -1.28. The molecule has 2 aliphatic rings. The normalized spacial score (nSPS) is 30.2. The fourth-order valence-corrected chi connectivity index (χ4v) is 2.76. The highest BCUT2D eigenvalue weighted by atomic mass is 19.2. The number of hydrogen-bond acceptors (Lipinski definition) is 5. The number of carbonyl (C=O) groups is 1. The monoisotopic (exact) mass is 315 g/mol. The van der Waals surface area contributed by atoms with Gasteiger partial charge in [0.25, 0.3) is 5.91 Å². The lowest BCUT2D eigenvalue weighted by Gasteiger charge is -2.18. The first-order valence-electron chi connectivity index (χ1n) is 6.77. The summed E-state index contributed by atoms with van der Waals surface area (Å²) in [5.74, 6) is -3.31. The Hall–Kier alpha value is -1.77. The summed E-state index contributed by atoms with van der Waals surface area (Å²) in [5, 5.41) is 12.2. The highest BCUT2D eigenvalue weighted by Crippen LogP contribution is 2.28. The van der Waals surface area contributed by atoms with Gasteiger partial charge in [-0.1, -0.05) is 0 Å². The van der Waals surface area contributed by atoms with Crippen LogP contribution in [0.4, 0.5) is 8.78 Å². The van der Waals surface area contributed by atoms with E-state index in [0.717, 1.165) is 6.07 Å². The first kappa shape index (κ1) is 15.1. The summed E-state index contributed by atoms with van der Waals surface area (Å²) < 4.78 is 42.8. The molecule has 0 saturated carbocycles. The van der Waals surface area contributed by atoms with E-state index in [-0.39, 0.29) is 19.0 Å². The number of carbonyl (C=O) groups excluding carboxylic acids is 1. The predicted molar refractivity (Wildman–Crippen MR) is 69.7 cm³/mol. The van der Waals surface area contributed by atoms with Gasteiger partial charge >= 0.3 is 0 Å². The summed E-state index contributed by atoms with van der Waals surface area (Å²) in [6.07, 6.45) is -1.79.